The number of ether oxygens (including phenoxy) is 2. The van der Waals surface area contributed by atoms with Crippen molar-refractivity contribution in [2.75, 3.05) is 27.3 Å². The lowest BCUT2D eigenvalue weighted by Crippen LogP contribution is -2.38. The SMILES string of the molecule is CCNC(=NCc1ccc(OC)cc1OC)NCCC(C)C. The fourth-order valence-electron chi connectivity index (χ4n) is 1.97. The van der Waals surface area contributed by atoms with Gasteiger partial charge in [-0.2, -0.15) is 0 Å². The average molecular weight is 307 g/mol. The Morgan fingerprint density at radius 3 is 2.55 bits per heavy atom. The van der Waals surface area contributed by atoms with E-state index in [0.29, 0.717) is 12.5 Å². The average Bonchev–Trinajstić information content (AvgIpc) is 2.52. The van der Waals surface area contributed by atoms with Gasteiger partial charge in [0.05, 0.1) is 20.8 Å². The van der Waals surface area contributed by atoms with E-state index in [-0.39, 0.29) is 0 Å². The molecule has 0 aliphatic heterocycles. The summed E-state index contributed by atoms with van der Waals surface area (Å²) in [6.45, 7) is 8.82. The first kappa shape index (κ1) is 18.1. The van der Waals surface area contributed by atoms with Gasteiger partial charge in [-0.05, 0) is 31.4 Å². The quantitative estimate of drug-likeness (QED) is 0.573. The third kappa shape index (κ3) is 6.24. The fraction of sp³-hybridized carbons (Fsp3) is 0.588. The number of nitrogens with one attached hydrogen (secondary N) is 2. The second-order valence-electron chi connectivity index (χ2n) is 5.48. The van der Waals surface area contributed by atoms with Crippen LogP contribution >= 0.6 is 0 Å². The Kier molecular flexibility index (Phi) is 8.18. The molecule has 1 rings (SSSR count). The number of aliphatic imine (C=N–C) groups is 1. The van der Waals surface area contributed by atoms with Crippen LogP contribution in [0.3, 0.4) is 0 Å². The van der Waals surface area contributed by atoms with Crippen LogP contribution < -0.4 is 20.1 Å². The van der Waals surface area contributed by atoms with Gasteiger partial charge in [0.25, 0.3) is 0 Å². The summed E-state index contributed by atoms with van der Waals surface area (Å²) in [6.07, 6.45) is 1.12. The fourth-order valence-corrected chi connectivity index (χ4v) is 1.97. The molecule has 0 aliphatic rings. The van der Waals surface area contributed by atoms with E-state index < -0.39 is 0 Å². The van der Waals surface area contributed by atoms with Crippen molar-refractivity contribution >= 4 is 5.96 Å². The monoisotopic (exact) mass is 307 g/mol. The largest absolute Gasteiger partial charge is 0.497 e. The van der Waals surface area contributed by atoms with E-state index in [0.717, 1.165) is 42.5 Å². The van der Waals surface area contributed by atoms with Gasteiger partial charge in [0, 0.05) is 24.7 Å². The second kappa shape index (κ2) is 9.92. The third-order valence-electron chi connectivity index (χ3n) is 3.26. The Balaban J connectivity index is 2.72. The van der Waals surface area contributed by atoms with E-state index in [1.165, 1.54) is 0 Å². The molecule has 5 heteroatoms. The van der Waals surface area contributed by atoms with Gasteiger partial charge in [0.1, 0.15) is 11.5 Å². The Bertz CT molecular complexity index is 473. The van der Waals surface area contributed by atoms with Crippen LogP contribution in [0.2, 0.25) is 0 Å². The zero-order chi connectivity index (χ0) is 16.4. The lowest BCUT2D eigenvalue weighted by molar-refractivity contribution is 0.391. The number of nitrogens with zero attached hydrogens (tertiary/aromatic N) is 1. The Morgan fingerprint density at radius 1 is 1.18 bits per heavy atom. The Morgan fingerprint density at radius 2 is 1.95 bits per heavy atom. The summed E-state index contributed by atoms with van der Waals surface area (Å²) in [4.78, 5) is 4.62. The molecule has 0 saturated carbocycles. The van der Waals surface area contributed by atoms with E-state index in [4.69, 9.17) is 9.47 Å². The number of rotatable bonds is 8. The van der Waals surface area contributed by atoms with Crippen molar-refractivity contribution < 1.29 is 9.47 Å². The highest BCUT2D eigenvalue weighted by Crippen LogP contribution is 2.25. The van der Waals surface area contributed by atoms with Gasteiger partial charge in [0.2, 0.25) is 0 Å². The molecule has 0 saturated heterocycles. The second-order valence-corrected chi connectivity index (χ2v) is 5.48. The number of guanidine groups is 1. The zero-order valence-corrected chi connectivity index (χ0v) is 14.4. The van der Waals surface area contributed by atoms with Crippen LogP contribution in [0.4, 0.5) is 0 Å². The van der Waals surface area contributed by atoms with Crippen LogP contribution in [0.1, 0.15) is 32.8 Å². The standard InChI is InChI=1S/C17H29N3O2/c1-6-18-17(19-10-9-13(2)3)20-12-14-7-8-15(21-4)11-16(14)22-5/h7-8,11,13H,6,9-10,12H2,1-5H3,(H2,18,19,20). The molecule has 5 nitrogen and oxygen atoms in total. The van der Waals surface area contributed by atoms with Crippen LogP contribution in [0.25, 0.3) is 0 Å². The first-order valence-corrected chi connectivity index (χ1v) is 7.83. The number of methoxy groups -OCH3 is 2. The van der Waals surface area contributed by atoms with Crippen LogP contribution in [0, 0.1) is 5.92 Å². The molecule has 0 spiro atoms. The zero-order valence-electron chi connectivity index (χ0n) is 14.4. The molecule has 0 radical (unpaired) electrons. The molecular formula is C17H29N3O2. The van der Waals surface area contributed by atoms with Crippen molar-refractivity contribution in [1.82, 2.24) is 10.6 Å². The molecule has 1 aromatic rings. The highest BCUT2D eigenvalue weighted by atomic mass is 16.5. The highest BCUT2D eigenvalue weighted by molar-refractivity contribution is 5.79. The van der Waals surface area contributed by atoms with Crippen molar-refractivity contribution in [3.8, 4) is 11.5 Å². The van der Waals surface area contributed by atoms with E-state index in [2.05, 4.69) is 36.4 Å². The highest BCUT2D eigenvalue weighted by Gasteiger charge is 2.05. The summed E-state index contributed by atoms with van der Waals surface area (Å²) in [5, 5.41) is 6.62. The van der Waals surface area contributed by atoms with Gasteiger partial charge in [-0.3, -0.25) is 0 Å². The normalized spacial score (nSPS) is 11.5. The number of hydrogen-bond acceptors (Lipinski definition) is 3. The van der Waals surface area contributed by atoms with Crippen LogP contribution in [-0.4, -0.2) is 33.3 Å². The maximum Gasteiger partial charge on any atom is 0.191 e. The summed E-state index contributed by atoms with van der Waals surface area (Å²) in [6, 6.07) is 5.79. The van der Waals surface area contributed by atoms with Gasteiger partial charge < -0.3 is 20.1 Å². The lowest BCUT2D eigenvalue weighted by Gasteiger charge is -2.13. The van der Waals surface area contributed by atoms with Gasteiger partial charge in [0.15, 0.2) is 5.96 Å². The van der Waals surface area contributed by atoms with Crippen molar-refractivity contribution in [3.63, 3.8) is 0 Å². The van der Waals surface area contributed by atoms with E-state index >= 15 is 0 Å². The third-order valence-corrected chi connectivity index (χ3v) is 3.26. The van der Waals surface area contributed by atoms with Crippen molar-refractivity contribution in [1.29, 1.82) is 0 Å². The van der Waals surface area contributed by atoms with Gasteiger partial charge in [-0.1, -0.05) is 13.8 Å². The molecule has 0 bridgehead atoms. The van der Waals surface area contributed by atoms with Crippen molar-refractivity contribution in [2.24, 2.45) is 10.9 Å². The first-order valence-electron chi connectivity index (χ1n) is 7.83. The lowest BCUT2D eigenvalue weighted by atomic mass is 10.1. The minimum atomic E-state index is 0.560. The first-order chi connectivity index (χ1) is 10.6. The van der Waals surface area contributed by atoms with Crippen molar-refractivity contribution in [2.45, 2.75) is 33.7 Å². The summed E-state index contributed by atoms with van der Waals surface area (Å²) >= 11 is 0. The Labute approximate surface area is 134 Å². The Hall–Kier alpha value is -1.91. The molecule has 2 N–H and O–H groups in total. The predicted octanol–water partition coefficient (Wildman–Crippen LogP) is 2.81. The molecule has 0 atom stereocenters. The molecule has 124 valence electrons. The summed E-state index contributed by atoms with van der Waals surface area (Å²) in [7, 11) is 3.31. The summed E-state index contributed by atoms with van der Waals surface area (Å²) in [5.74, 6) is 3.09. The molecule has 0 unspecified atom stereocenters. The minimum absolute atomic E-state index is 0.560. The minimum Gasteiger partial charge on any atom is -0.497 e. The predicted molar refractivity (Wildman–Crippen MR) is 91.8 cm³/mol. The summed E-state index contributed by atoms with van der Waals surface area (Å²) in [5.41, 5.74) is 1.03. The van der Waals surface area contributed by atoms with Gasteiger partial charge >= 0.3 is 0 Å². The van der Waals surface area contributed by atoms with Gasteiger partial charge in [-0.25, -0.2) is 4.99 Å². The van der Waals surface area contributed by atoms with Crippen LogP contribution in [0.5, 0.6) is 11.5 Å². The maximum atomic E-state index is 5.40. The molecule has 0 heterocycles. The number of benzene rings is 1. The van der Waals surface area contributed by atoms with Gasteiger partial charge in [-0.15, -0.1) is 0 Å². The molecule has 0 aromatic heterocycles. The van der Waals surface area contributed by atoms with Crippen LogP contribution in [-0.2, 0) is 6.54 Å². The molecule has 0 amide bonds. The summed E-state index contributed by atoms with van der Waals surface area (Å²) < 4.78 is 10.6. The molecule has 1 aromatic carbocycles. The maximum absolute atomic E-state index is 5.40. The van der Waals surface area contributed by atoms with E-state index in [9.17, 15) is 0 Å². The van der Waals surface area contributed by atoms with E-state index in [1.807, 2.05) is 18.2 Å². The van der Waals surface area contributed by atoms with E-state index in [1.54, 1.807) is 14.2 Å². The number of hydrogen-bond donors (Lipinski definition) is 2. The molecule has 0 fully saturated rings. The van der Waals surface area contributed by atoms with Crippen molar-refractivity contribution in [3.05, 3.63) is 23.8 Å². The topological polar surface area (TPSA) is 54.9 Å². The molecular weight excluding hydrogens is 278 g/mol. The molecule has 22 heavy (non-hydrogen) atoms. The smallest absolute Gasteiger partial charge is 0.191 e. The van der Waals surface area contributed by atoms with Crippen LogP contribution in [0.15, 0.2) is 23.2 Å². The molecule has 0 aliphatic carbocycles.